The maximum absolute atomic E-state index is 12.7. The molecule has 0 aliphatic carbocycles. The van der Waals surface area contributed by atoms with Crippen molar-refractivity contribution in [3.05, 3.63) is 27.7 Å². The number of hydrogen-bond donors (Lipinski definition) is 2. The van der Waals surface area contributed by atoms with Crippen LogP contribution in [0.1, 0.15) is 36.0 Å². The predicted octanol–water partition coefficient (Wildman–Crippen LogP) is 2.70. The number of hydrogen-bond acceptors (Lipinski definition) is 3. The van der Waals surface area contributed by atoms with Crippen molar-refractivity contribution < 1.29 is 9.90 Å². The van der Waals surface area contributed by atoms with E-state index in [-0.39, 0.29) is 29.1 Å². The van der Waals surface area contributed by atoms with Gasteiger partial charge < -0.3 is 15.7 Å². The van der Waals surface area contributed by atoms with Crippen molar-refractivity contribution in [1.82, 2.24) is 4.90 Å². The van der Waals surface area contributed by atoms with Gasteiger partial charge in [-0.2, -0.15) is 0 Å². The summed E-state index contributed by atoms with van der Waals surface area (Å²) < 4.78 is 0. The summed E-state index contributed by atoms with van der Waals surface area (Å²) in [5.41, 5.74) is 6.52. The Balaban J connectivity index is 1.94. The first kappa shape index (κ1) is 14.0. The number of nitrogen functional groups attached to an aromatic ring is 1. The SMILES string of the molecule is Nc1cc(Cl)c(Cl)c(C(=O)N2C3CCC2CC(O)C3)c1. The summed E-state index contributed by atoms with van der Waals surface area (Å²) >= 11 is 12.1. The molecule has 1 aromatic rings. The molecule has 2 bridgehead atoms. The van der Waals surface area contributed by atoms with Gasteiger partial charge in [0.05, 0.1) is 21.7 Å². The number of nitrogens with two attached hydrogens (primary N) is 1. The fourth-order valence-electron chi connectivity index (χ4n) is 3.38. The maximum atomic E-state index is 12.7. The highest BCUT2D eigenvalue weighted by Gasteiger charge is 2.43. The third-order valence-corrected chi connectivity index (χ3v) is 5.03. The molecule has 3 rings (SSSR count). The molecule has 6 heteroatoms. The van der Waals surface area contributed by atoms with E-state index in [0.717, 1.165) is 12.8 Å². The van der Waals surface area contributed by atoms with Crippen LogP contribution in [0.3, 0.4) is 0 Å². The van der Waals surface area contributed by atoms with Crippen LogP contribution in [0.4, 0.5) is 5.69 Å². The van der Waals surface area contributed by atoms with Crippen molar-refractivity contribution in [2.45, 2.75) is 43.9 Å². The lowest BCUT2D eigenvalue weighted by molar-refractivity contribution is 0.0287. The summed E-state index contributed by atoms with van der Waals surface area (Å²) in [7, 11) is 0. The molecule has 0 spiro atoms. The van der Waals surface area contributed by atoms with Crippen LogP contribution in [0, 0.1) is 0 Å². The summed E-state index contributed by atoms with van der Waals surface area (Å²) in [6, 6.07) is 3.29. The number of aliphatic hydroxyl groups is 1. The van der Waals surface area contributed by atoms with E-state index >= 15 is 0 Å². The summed E-state index contributed by atoms with van der Waals surface area (Å²) in [6.45, 7) is 0. The Morgan fingerprint density at radius 2 is 1.85 bits per heavy atom. The molecular formula is C14H16Cl2N2O2. The van der Waals surface area contributed by atoms with Gasteiger partial charge in [0.1, 0.15) is 0 Å². The normalized spacial score (nSPS) is 28.8. The smallest absolute Gasteiger partial charge is 0.256 e. The molecular weight excluding hydrogens is 299 g/mol. The molecule has 2 aliphatic rings. The quantitative estimate of drug-likeness (QED) is 0.783. The van der Waals surface area contributed by atoms with E-state index < -0.39 is 0 Å². The second kappa shape index (κ2) is 5.10. The van der Waals surface area contributed by atoms with E-state index in [4.69, 9.17) is 28.9 Å². The van der Waals surface area contributed by atoms with Gasteiger partial charge in [-0.3, -0.25) is 4.79 Å². The van der Waals surface area contributed by atoms with Crippen LogP contribution in [0.5, 0.6) is 0 Å². The second-order valence-electron chi connectivity index (χ2n) is 5.59. The molecule has 2 aliphatic heterocycles. The summed E-state index contributed by atoms with van der Waals surface area (Å²) in [6.07, 6.45) is 2.82. The number of carbonyl (C=O) groups excluding carboxylic acids is 1. The molecule has 2 unspecified atom stereocenters. The predicted molar refractivity (Wildman–Crippen MR) is 79.1 cm³/mol. The lowest BCUT2D eigenvalue weighted by Crippen LogP contribution is -2.48. The van der Waals surface area contributed by atoms with Gasteiger partial charge in [0.15, 0.2) is 0 Å². The topological polar surface area (TPSA) is 66.6 Å². The standard InChI is InChI=1S/C14H16Cl2N2O2/c15-12-4-7(17)3-11(13(12)16)14(20)18-8-1-2-9(18)6-10(19)5-8/h3-4,8-10,19H,1-2,5-6,17H2. The fourth-order valence-corrected chi connectivity index (χ4v) is 3.80. The average Bonchev–Trinajstić information content (AvgIpc) is 2.65. The average molecular weight is 315 g/mol. The van der Waals surface area contributed by atoms with E-state index in [9.17, 15) is 9.90 Å². The van der Waals surface area contributed by atoms with E-state index in [0.29, 0.717) is 29.1 Å². The Labute approximate surface area is 127 Å². The van der Waals surface area contributed by atoms with E-state index in [1.165, 1.54) is 6.07 Å². The third-order valence-electron chi connectivity index (χ3n) is 4.22. The van der Waals surface area contributed by atoms with Gasteiger partial charge in [-0.1, -0.05) is 23.2 Å². The van der Waals surface area contributed by atoms with Crippen LogP contribution in [-0.2, 0) is 0 Å². The van der Waals surface area contributed by atoms with Crippen LogP contribution in [-0.4, -0.2) is 34.1 Å². The van der Waals surface area contributed by atoms with Crippen LogP contribution in [0.15, 0.2) is 12.1 Å². The molecule has 0 aromatic heterocycles. The minimum Gasteiger partial charge on any atom is -0.399 e. The van der Waals surface area contributed by atoms with Crippen molar-refractivity contribution in [3.63, 3.8) is 0 Å². The van der Waals surface area contributed by atoms with Crippen molar-refractivity contribution >= 4 is 34.8 Å². The van der Waals surface area contributed by atoms with Crippen LogP contribution in [0.25, 0.3) is 0 Å². The van der Waals surface area contributed by atoms with Crippen molar-refractivity contribution in [2.75, 3.05) is 5.73 Å². The largest absolute Gasteiger partial charge is 0.399 e. The summed E-state index contributed by atoms with van der Waals surface area (Å²) in [4.78, 5) is 14.6. The van der Waals surface area contributed by atoms with Crippen LogP contribution in [0.2, 0.25) is 10.0 Å². The highest BCUT2D eigenvalue weighted by Crippen LogP contribution is 2.38. The minimum absolute atomic E-state index is 0.0903. The minimum atomic E-state index is -0.309. The first-order chi connectivity index (χ1) is 9.47. The zero-order chi connectivity index (χ0) is 14.4. The number of piperidine rings is 1. The van der Waals surface area contributed by atoms with E-state index in [2.05, 4.69) is 0 Å². The molecule has 1 aromatic carbocycles. The number of benzene rings is 1. The maximum Gasteiger partial charge on any atom is 0.256 e. The summed E-state index contributed by atoms with van der Waals surface area (Å²) in [5, 5.41) is 10.3. The Morgan fingerprint density at radius 3 is 2.45 bits per heavy atom. The number of amides is 1. The molecule has 3 N–H and O–H groups in total. The lowest BCUT2D eigenvalue weighted by Gasteiger charge is -2.37. The third kappa shape index (κ3) is 2.26. The van der Waals surface area contributed by atoms with Crippen LogP contribution >= 0.6 is 23.2 Å². The zero-order valence-corrected chi connectivity index (χ0v) is 12.4. The van der Waals surface area contributed by atoms with Gasteiger partial charge in [-0.05, 0) is 37.8 Å². The van der Waals surface area contributed by atoms with Gasteiger partial charge in [0.25, 0.3) is 5.91 Å². The van der Waals surface area contributed by atoms with E-state index in [1.807, 2.05) is 4.90 Å². The molecule has 2 fully saturated rings. The molecule has 108 valence electrons. The molecule has 0 radical (unpaired) electrons. The Morgan fingerprint density at radius 1 is 1.25 bits per heavy atom. The second-order valence-corrected chi connectivity index (χ2v) is 6.37. The molecule has 20 heavy (non-hydrogen) atoms. The van der Waals surface area contributed by atoms with Crippen molar-refractivity contribution in [3.8, 4) is 0 Å². The Kier molecular flexibility index (Phi) is 3.56. The first-order valence-corrected chi connectivity index (χ1v) is 7.48. The van der Waals surface area contributed by atoms with Gasteiger partial charge in [0.2, 0.25) is 0 Å². The molecule has 2 saturated heterocycles. The number of aliphatic hydroxyl groups excluding tert-OH is 1. The number of anilines is 1. The number of fused-ring (bicyclic) bond motifs is 2. The van der Waals surface area contributed by atoms with Crippen molar-refractivity contribution in [1.29, 1.82) is 0 Å². The van der Waals surface area contributed by atoms with Gasteiger partial charge in [0, 0.05) is 17.8 Å². The van der Waals surface area contributed by atoms with Gasteiger partial charge >= 0.3 is 0 Å². The first-order valence-electron chi connectivity index (χ1n) is 6.72. The fraction of sp³-hybridized carbons (Fsp3) is 0.500. The number of rotatable bonds is 1. The molecule has 0 saturated carbocycles. The highest BCUT2D eigenvalue weighted by molar-refractivity contribution is 6.44. The van der Waals surface area contributed by atoms with Gasteiger partial charge in [-0.15, -0.1) is 0 Å². The number of halogens is 2. The zero-order valence-electron chi connectivity index (χ0n) is 10.9. The highest BCUT2D eigenvalue weighted by atomic mass is 35.5. The van der Waals surface area contributed by atoms with Crippen molar-refractivity contribution in [2.24, 2.45) is 0 Å². The van der Waals surface area contributed by atoms with E-state index in [1.54, 1.807) is 6.07 Å². The van der Waals surface area contributed by atoms with Gasteiger partial charge in [-0.25, -0.2) is 0 Å². The lowest BCUT2D eigenvalue weighted by atomic mass is 9.98. The molecule has 1 amide bonds. The molecule has 2 heterocycles. The number of nitrogens with zero attached hydrogens (tertiary/aromatic N) is 1. The Hall–Kier alpha value is -0.970. The molecule has 2 atom stereocenters. The summed E-state index contributed by atoms with van der Waals surface area (Å²) in [5.74, 6) is -0.136. The monoisotopic (exact) mass is 314 g/mol. The molecule has 4 nitrogen and oxygen atoms in total. The number of carbonyl (C=O) groups is 1. The van der Waals surface area contributed by atoms with Crippen LogP contribution < -0.4 is 5.73 Å². The Bertz CT molecular complexity index is 550.